The molecule has 2 unspecified atom stereocenters. The van der Waals surface area contributed by atoms with E-state index in [1.165, 1.54) is 12.1 Å². The molecule has 2 aliphatic rings. The number of carbonyl (C=O) groups is 2. The number of primary amides is 2. The highest BCUT2D eigenvalue weighted by Crippen LogP contribution is 2.46. The van der Waals surface area contributed by atoms with Gasteiger partial charge in [0.1, 0.15) is 5.82 Å². The molecule has 4 atom stereocenters. The zero-order valence-corrected chi connectivity index (χ0v) is 11.5. The van der Waals surface area contributed by atoms with Gasteiger partial charge in [-0.25, -0.2) is 4.39 Å². The van der Waals surface area contributed by atoms with E-state index in [1.54, 1.807) is 12.1 Å². The number of nitrogens with two attached hydrogens (primary N) is 2. The van der Waals surface area contributed by atoms with Crippen LogP contribution >= 0.6 is 0 Å². The average molecular weight is 291 g/mol. The molecule has 2 fully saturated rings. The van der Waals surface area contributed by atoms with Crippen molar-refractivity contribution in [3.05, 3.63) is 35.6 Å². The summed E-state index contributed by atoms with van der Waals surface area (Å²) in [5.74, 6) is -1.88. The van der Waals surface area contributed by atoms with E-state index in [0.717, 1.165) is 12.0 Å². The topological polar surface area (TPSA) is 89.4 Å². The first kappa shape index (κ1) is 14.0. The van der Waals surface area contributed by atoms with Crippen LogP contribution in [-0.2, 0) is 9.59 Å². The average Bonchev–Trinajstić information content (AvgIpc) is 3.09. The van der Waals surface area contributed by atoms with E-state index in [2.05, 4.69) is 4.90 Å². The smallest absolute Gasteiger partial charge is 0.222 e. The van der Waals surface area contributed by atoms with Crippen molar-refractivity contribution < 1.29 is 14.0 Å². The highest BCUT2D eigenvalue weighted by molar-refractivity contribution is 5.87. The van der Waals surface area contributed by atoms with Crippen molar-refractivity contribution in [1.29, 1.82) is 0 Å². The monoisotopic (exact) mass is 291 g/mol. The maximum absolute atomic E-state index is 12.9. The van der Waals surface area contributed by atoms with Crippen LogP contribution < -0.4 is 11.5 Å². The van der Waals surface area contributed by atoms with Gasteiger partial charge in [-0.3, -0.25) is 14.5 Å². The first-order valence-electron chi connectivity index (χ1n) is 7.05. The van der Waals surface area contributed by atoms with Gasteiger partial charge in [0.2, 0.25) is 11.8 Å². The fraction of sp³-hybridized carbons (Fsp3) is 0.467. The molecule has 0 bridgehead atoms. The molecule has 0 spiro atoms. The molecule has 2 amide bonds. The summed E-state index contributed by atoms with van der Waals surface area (Å²) < 4.78 is 12.9. The van der Waals surface area contributed by atoms with Gasteiger partial charge >= 0.3 is 0 Å². The van der Waals surface area contributed by atoms with Crippen LogP contribution in [0.2, 0.25) is 0 Å². The number of carbonyl (C=O) groups excluding carboxylic acids is 2. The molecule has 6 heteroatoms. The highest BCUT2D eigenvalue weighted by Gasteiger charge is 2.49. The Balaban J connectivity index is 1.68. The van der Waals surface area contributed by atoms with Gasteiger partial charge in [-0.2, -0.15) is 0 Å². The van der Waals surface area contributed by atoms with Gasteiger partial charge in [0.05, 0.1) is 11.8 Å². The Morgan fingerprint density at radius 2 is 1.57 bits per heavy atom. The van der Waals surface area contributed by atoms with Crippen LogP contribution in [0.25, 0.3) is 0 Å². The summed E-state index contributed by atoms with van der Waals surface area (Å²) in [5.41, 5.74) is 11.8. The maximum Gasteiger partial charge on any atom is 0.222 e. The number of rotatable bonds is 4. The normalized spacial score (nSPS) is 32.0. The molecule has 21 heavy (non-hydrogen) atoms. The van der Waals surface area contributed by atoms with Crippen LogP contribution in [0, 0.1) is 17.7 Å². The molecular weight excluding hydrogens is 273 g/mol. The number of benzene rings is 1. The lowest BCUT2D eigenvalue weighted by atomic mass is 9.95. The van der Waals surface area contributed by atoms with Gasteiger partial charge in [0.15, 0.2) is 0 Å². The SMILES string of the molecule is NC(=O)C1CN([C@H]2C[C@@H]2c2ccc(F)cc2)CC1C(N)=O. The minimum Gasteiger partial charge on any atom is -0.369 e. The fourth-order valence-electron chi connectivity index (χ4n) is 3.33. The van der Waals surface area contributed by atoms with Gasteiger partial charge in [-0.15, -0.1) is 0 Å². The van der Waals surface area contributed by atoms with Crippen LogP contribution in [0.15, 0.2) is 24.3 Å². The Labute approximate surface area is 122 Å². The van der Waals surface area contributed by atoms with Crippen LogP contribution in [0.3, 0.4) is 0 Å². The largest absolute Gasteiger partial charge is 0.369 e. The Bertz CT molecular complexity index is 553. The molecule has 1 aliphatic heterocycles. The summed E-state index contributed by atoms with van der Waals surface area (Å²) in [6.45, 7) is 0.955. The van der Waals surface area contributed by atoms with Gasteiger partial charge < -0.3 is 11.5 Å². The van der Waals surface area contributed by atoms with E-state index >= 15 is 0 Å². The van der Waals surface area contributed by atoms with Gasteiger partial charge in [-0.1, -0.05) is 12.1 Å². The second-order valence-corrected chi connectivity index (χ2v) is 5.93. The molecule has 5 nitrogen and oxygen atoms in total. The molecule has 1 aromatic carbocycles. The summed E-state index contributed by atoms with van der Waals surface area (Å²) in [6.07, 6.45) is 0.947. The summed E-state index contributed by atoms with van der Waals surface area (Å²) in [7, 11) is 0. The van der Waals surface area contributed by atoms with E-state index < -0.39 is 23.7 Å². The van der Waals surface area contributed by atoms with E-state index in [0.29, 0.717) is 19.0 Å². The third kappa shape index (κ3) is 2.63. The Morgan fingerprint density at radius 1 is 1.05 bits per heavy atom. The summed E-state index contributed by atoms with van der Waals surface area (Å²) in [4.78, 5) is 25.0. The maximum atomic E-state index is 12.9. The Morgan fingerprint density at radius 3 is 2.05 bits per heavy atom. The summed E-state index contributed by atoms with van der Waals surface area (Å²) in [5, 5.41) is 0. The number of hydrogen-bond donors (Lipinski definition) is 2. The molecule has 1 aromatic rings. The second kappa shape index (κ2) is 5.11. The third-order valence-electron chi connectivity index (χ3n) is 4.60. The number of halogens is 1. The molecule has 4 N–H and O–H groups in total. The van der Waals surface area contributed by atoms with Crippen molar-refractivity contribution in [2.75, 3.05) is 13.1 Å². The zero-order valence-electron chi connectivity index (χ0n) is 11.5. The van der Waals surface area contributed by atoms with Crippen molar-refractivity contribution in [2.24, 2.45) is 23.3 Å². The molecule has 0 radical (unpaired) electrons. The van der Waals surface area contributed by atoms with E-state index in [-0.39, 0.29) is 11.9 Å². The molecule has 3 rings (SSSR count). The van der Waals surface area contributed by atoms with Crippen LogP contribution in [-0.4, -0.2) is 35.8 Å². The zero-order chi connectivity index (χ0) is 15.1. The van der Waals surface area contributed by atoms with E-state index in [9.17, 15) is 14.0 Å². The first-order valence-corrected chi connectivity index (χ1v) is 7.05. The third-order valence-corrected chi connectivity index (χ3v) is 4.60. The van der Waals surface area contributed by atoms with Gasteiger partial charge in [-0.05, 0) is 24.1 Å². The van der Waals surface area contributed by atoms with Crippen LogP contribution in [0.4, 0.5) is 4.39 Å². The van der Waals surface area contributed by atoms with Gasteiger partial charge in [0.25, 0.3) is 0 Å². The fourth-order valence-corrected chi connectivity index (χ4v) is 3.33. The number of hydrogen-bond acceptors (Lipinski definition) is 3. The van der Waals surface area contributed by atoms with Crippen LogP contribution in [0.1, 0.15) is 17.9 Å². The van der Waals surface area contributed by atoms with Crippen LogP contribution in [0.5, 0.6) is 0 Å². The lowest BCUT2D eigenvalue weighted by molar-refractivity contribution is -0.129. The quantitative estimate of drug-likeness (QED) is 0.830. The number of likely N-dealkylation sites (tertiary alicyclic amines) is 1. The molecule has 1 aliphatic carbocycles. The first-order chi connectivity index (χ1) is 9.97. The van der Waals surface area contributed by atoms with E-state index in [1.807, 2.05) is 0 Å². The Kier molecular flexibility index (Phi) is 3.41. The predicted molar refractivity (Wildman–Crippen MR) is 74.5 cm³/mol. The molecule has 112 valence electrons. The predicted octanol–water partition coefficient (Wildman–Crippen LogP) is 0.200. The van der Waals surface area contributed by atoms with Crippen molar-refractivity contribution in [3.63, 3.8) is 0 Å². The number of nitrogens with zero attached hydrogens (tertiary/aromatic N) is 1. The van der Waals surface area contributed by atoms with Crippen molar-refractivity contribution in [1.82, 2.24) is 4.90 Å². The lowest BCUT2D eigenvalue weighted by Crippen LogP contribution is -2.36. The second-order valence-electron chi connectivity index (χ2n) is 5.93. The van der Waals surface area contributed by atoms with Gasteiger partial charge in [0, 0.05) is 25.0 Å². The molecule has 1 heterocycles. The highest BCUT2D eigenvalue weighted by atomic mass is 19.1. The standard InChI is InChI=1S/C15H18FN3O2/c16-9-3-1-8(2-4-9)10-5-13(10)19-6-11(14(17)20)12(7-19)15(18)21/h1-4,10-13H,5-7H2,(H2,17,20)(H2,18,21)/t10-,11?,12?,13+/m1/s1. The molecular formula is C15H18FN3O2. The molecule has 0 aromatic heterocycles. The molecule has 1 saturated carbocycles. The minimum absolute atomic E-state index is 0.250. The van der Waals surface area contributed by atoms with Crippen molar-refractivity contribution >= 4 is 11.8 Å². The minimum atomic E-state index is -0.503. The van der Waals surface area contributed by atoms with Crippen molar-refractivity contribution in [2.45, 2.75) is 18.4 Å². The van der Waals surface area contributed by atoms with E-state index in [4.69, 9.17) is 11.5 Å². The summed E-state index contributed by atoms with van der Waals surface area (Å²) >= 11 is 0. The summed E-state index contributed by atoms with van der Waals surface area (Å²) in [6, 6.07) is 6.75. The number of amides is 2. The lowest BCUT2D eigenvalue weighted by Gasteiger charge is -2.15. The Hall–Kier alpha value is -1.95. The molecule has 1 saturated heterocycles. The van der Waals surface area contributed by atoms with Crippen molar-refractivity contribution in [3.8, 4) is 0 Å².